The Morgan fingerprint density at radius 3 is 2.65 bits per heavy atom. The van der Waals surface area contributed by atoms with Gasteiger partial charge in [-0.1, -0.05) is 0 Å². The van der Waals surface area contributed by atoms with Crippen molar-refractivity contribution in [1.29, 1.82) is 0 Å². The molecule has 0 aliphatic carbocycles. The minimum Gasteiger partial charge on any atom is -0.337 e. The van der Waals surface area contributed by atoms with E-state index in [1.54, 1.807) is 11.3 Å². The number of aryl methyl sites for hydroxylation is 2. The van der Waals surface area contributed by atoms with Crippen molar-refractivity contribution in [3.63, 3.8) is 0 Å². The van der Waals surface area contributed by atoms with Crippen molar-refractivity contribution in [3.05, 3.63) is 21.9 Å². The van der Waals surface area contributed by atoms with Gasteiger partial charge in [0.15, 0.2) is 0 Å². The van der Waals surface area contributed by atoms with Gasteiger partial charge in [-0.15, -0.1) is 11.3 Å². The molecule has 2 unspecified atom stereocenters. The van der Waals surface area contributed by atoms with Crippen LogP contribution in [0, 0.1) is 6.92 Å². The Morgan fingerprint density at radius 1 is 1.40 bits per heavy atom. The maximum absolute atomic E-state index is 12.6. The highest BCUT2D eigenvalue weighted by atomic mass is 32.2. The summed E-state index contributed by atoms with van der Waals surface area (Å²) in [6.45, 7) is 2.14. The van der Waals surface area contributed by atoms with Gasteiger partial charge in [0.2, 0.25) is 5.91 Å². The quantitative estimate of drug-likeness (QED) is 0.841. The Labute approximate surface area is 129 Å². The number of carbonyl (C=O) groups excluding carboxylic acids is 1. The predicted octanol–water partition coefficient (Wildman–Crippen LogP) is 3.87. The molecule has 3 heterocycles. The van der Waals surface area contributed by atoms with Crippen LogP contribution in [0.4, 0.5) is 0 Å². The number of amides is 1. The summed E-state index contributed by atoms with van der Waals surface area (Å²) < 4.78 is 0. The van der Waals surface area contributed by atoms with Crippen LogP contribution in [0.3, 0.4) is 0 Å². The zero-order valence-corrected chi connectivity index (χ0v) is 13.9. The summed E-state index contributed by atoms with van der Waals surface area (Å²) in [5, 5.41) is 2.90. The highest BCUT2D eigenvalue weighted by molar-refractivity contribution is 7.99. The molecule has 3 rings (SSSR count). The number of piperidine rings is 1. The molecule has 2 aliphatic heterocycles. The molecule has 0 radical (unpaired) electrons. The molecule has 2 nitrogen and oxygen atoms in total. The fourth-order valence-corrected chi connectivity index (χ4v) is 5.48. The van der Waals surface area contributed by atoms with E-state index in [4.69, 9.17) is 0 Å². The van der Waals surface area contributed by atoms with Gasteiger partial charge in [0.25, 0.3) is 0 Å². The van der Waals surface area contributed by atoms with Crippen molar-refractivity contribution in [2.24, 2.45) is 0 Å². The third-order valence-corrected chi connectivity index (χ3v) is 6.98. The number of rotatable bonds is 4. The van der Waals surface area contributed by atoms with Crippen LogP contribution in [0.5, 0.6) is 0 Å². The summed E-state index contributed by atoms with van der Waals surface area (Å²) in [6.07, 6.45) is 8.70. The van der Waals surface area contributed by atoms with Crippen LogP contribution in [0.25, 0.3) is 0 Å². The van der Waals surface area contributed by atoms with E-state index in [1.165, 1.54) is 36.1 Å². The van der Waals surface area contributed by atoms with Crippen molar-refractivity contribution in [1.82, 2.24) is 4.90 Å². The van der Waals surface area contributed by atoms with Gasteiger partial charge in [0.05, 0.1) is 0 Å². The molecule has 2 fully saturated rings. The average Bonchev–Trinajstić information content (AvgIpc) is 2.97. The Hall–Kier alpha value is -0.480. The molecule has 2 saturated heterocycles. The molecule has 0 N–H and O–H groups in total. The molecule has 4 heteroatoms. The van der Waals surface area contributed by atoms with Gasteiger partial charge >= 0.3 is 0 Å². The number of thioether (sulfide) groups is 1. The van der Waals surface area contributed by atoms with E-state index in [-0.39, 0.29) is 0 Å². The van der Waals surface area contributed by atoms with E-state index in [9.17, 15) is 4.79 Å². The zero-order chi connectivity index (χ0) is 14.1. The lowest BCUT2D eigenvalue weighted by Gasteiger charge is -2.38. The van der Waals surface area contributed by atoms with E-state index < -0.39 is 0 Å². The first-order valence-corrected chi connectivity index (χ1v) is 9.72. The van der Waals surface area contributed by atoms with Gasteiger partial charge in [-0.25, -0.2) is 0 Å². The zero-order valence-electron chi connectivity index (χ0n) is 12.3. The molecule has 0 saturated carbocycles. The van der Waals surface area contributed by atoms with Gasteiger partial charge in [-0.2, -0.15) is 11.8 Å². The molecule has 1 aromatic heterocycles. The summed E-state index contributed by atoms with van der Waals surface area (Å²) >= 11 is 3.77. The fourth-order valence-electron chi connectivity index (χ4n) is 3.74. The van der Waals surface area contributed by atoms with E-state index in [1.807, 2.05) is 11.8 Å². The summed E-state index contributed by atoms with van der Waals surface area (Å²) in [5.74, 6) is 0.393. The van der Waals surface area contributed by atoms with Crippen LogP contribution >= 0.6 is 23.1 Å². The highest BCUT2D eigenvalue weighted by Gasteiger charge is 2.42. The van der Waals surface area contributed by atoms with E-state index in [0.29, 0.717) is 24.4 Å². The Kier molecular flexibility index (Phi) is 4.41. The Balaban J connectivity index is 1.60. The van der Waals surface area contributed by atoms with E-state index in [2.05, 4.69) is 29.5 Å². The van der Waals surface area contributed by atoms with Crippen molar-refractivity contribution in [3.8, 4) is 0 Å². The Morgan fingerprint density at radius 2 is 2.10 bits per heavy atom. The molecule has 20 heavy (non-hydrogen) atoms. The molecular weight excluding hydrogens is 286 g/mol. The first-order chi connectivity index (χ1) is 9.69. The van der Waals surface area contributed by atoms with Crippen molar-refractivity contribution in [2.45, 2.75) is 62.8 Å². The van der Waals surface area contributed by atoms with E-state index >= 15 is 0 Å². The monoisotopic (exact) mass is 309 g/mol. The molecule has 2 aliphatic rings. The second-order valence-electron chi connectivity index (χ2n) is 6.04. The van der Waals surface area contributed by atoms with Gasteiger partial charge in [0, 0.05) is 28.6 Å². The third-order valence-electron chi connectivity index (χ3n) is 4.85. The van der Waals surface area contributed by atoms with Crippen LogP contribution in [0.1, 0.15) is 42.5 Å². The van der Waals surface area contributed by atoms with Crippen LogP contribution in [0.2, 0.25) is 0 Å². The lowest BCUT2D eigenvalue weighted by molar-refractivity contribution is -0.135. The SMILES string of the molecule is CSC1CC2CCC(C1)N2C(=O)CCc1sccc1C. The van der Waals surface area contributed by atoms with E-state index in [0.717, 1.165) is 11.7 Å². The topological polar surface area (TPSA) is 20.3 Å². The average molecular weight is 310 g/mol. The number of hydrogen-bond acceptors (Lipinski definition) is 3. The van der Waals surface area contributed by atoms with Crippen molar-refractivity contribution >= 4 is 29.0 Å². The number of nitrogens with zero attached hydrogens (tertiary/aromatic N) is 1. The fraction of sp³-hybridized carbons (Fsp3) is 0.688. The first kappa shape index (κ1) is 14.5. The highest BCUT2D eigenvalue weighted by Crippen LogP contribution is 2.40. The molecule has 1 amide bonds. The van der Waals surface area contributed by atoms with Crippen molar-refractivity contribution in [2.75, 3.05) is 6.26 Å². The summed E-state index contributed by atoms with van der Waals surface area (Å²) in [5.41, 5.74) is 1.34. The molecule has 1 aromatic rings. The minimum atomic E-state index is 0.393. The second kappa shape index (κ2) is 6.10. The Bertz CT molecular complexity index is 471. The minimum absolute atomic E-state index is 0.393. The molecule has 2 bridgehead atoms. The maximum atomic E-state index is 12.6. The summed E-state index contributed by atoms with van der Waals surface area (Å²) in [4.78, 5) is 16.2. The number of carbonyl (C=O) groups is 1. The molecule has 0 spiro atoms. The van der Waals surface area contributed by atoms with Crippen LogP contribution in [0.15, 0.2) is 11.4 Å². The largest absolute Gasteiger partial charge is 0.337 e. The van der Waals surface area contributed by atoms with Crippen LogP contribution in [-0.2, 0) is 11.2 Å². The standard InChI is InChI=1S/C16H23NOS2/c1-11-7-8-20-15(11)5-6-16(18)17-12-3-4-13(17)10-14(9-12)19-2/h7-8,12-14H,3-6,9-10H2,1-2H3. The molecule has 2 atom stereocenters. The summed E-state index contributed by atoms with van der Waals surface area (Å²) in [7, 11) is 0. The lowest BCUT2D eigenvalue weighted by Crippen LogP contribution is -2.47. The molecule has 0 aromatic carbocycles. The number of thiophene rings is 1. The van der Waals surface area contributed by atoms with Gasteiger partial charge in [0.1, 0.15) is 0 Å². The number of fused-ring (bicyclic) bond motifs is 2. The summed E-state index contributed by atoms with van der Waals surface area (Å²) in [6, 6.07) is 3.21. The first-order valence-electron chi connectivity index (χ1n) is 7.56. The normalized spacial score (nSPS) is 28.9. The maximum Gasteiger partial charge on any atom is 0.223 e. The lowest BCUT2D eigenvalue weighted by atomic mass is 10.0. The van der Waals surface area contributed by atoms with Crippen molar-refractivity contribution < 1.29 is 4.79 Å². The number of hydrogen-bond donors (Lipinski definition) is 0. The van der Waals surface area contributed by atoms with Gasteiger partial charge in [-0.3, -0.25) is 4.79 Å². The van der Waals surface area contributed by atoms with Gasteiger partial charge < -0.3 is 4.90 Å². The third kappa shape index (κ3) is 2.77. The van der Waals surface area contributed by atoms with Gasteiger partial charge in [-0.05, 0) is 62.3 Å². The predicted molar refractivity (Wildman–Crippen MR) is 87.6 cm³/mol. The smallest absolute Gasteiger partial charge is 0.223 e. The molecular formula is C16H23NOS2. The second-order valence-corrected chi connectivity index (χ2v) is 8.18. The van der Waals surface area contributed by atoms with Crippen LogP contribution in [-0.4, -0.2) is 34.4 Å². The van der Waals surface area contributed by atoms with Crippen LogP contribution < -0.4 is 0 Å². The molecule has 110 valence electrons.